The van der Waals surface area contributed by atoms with Gasteiger partial charge in [0.2, 0.25) is 0 Å². The Balaban J connectivity index is 2.16. The van der Waals surface area contributed by atoms with Gasteiger partial charge in [-0.2, -0.15) is 0 Å². The number of nitrogens with one attached hydrogen (secondary N) is 1. The summed E-state index contributed by atoms with van der Waals surface area (Å²) in [6.07, 6.45) is 4.15. The highest BCUT2D eigenvalue weighted by molar-refractivity contribution is 4.73. The summed E-state index contributed by atoms with van der Waals surface area (Å²) in [6.45, 7) is 10.7. The van der Waals surface area contributed by atoms with Gasteiger partial charge in [0.25, 0.3) is 0 Å². The van der Waals surface area contributed by atoms with Crippen LogP contribution in [-0.2, 0) is 0 Å². The van der Waals surface area contributed by atoms with Crippen molar-refractivity contribution in [3.05, 3.63) is 0 Å². The van der Waals surface area contributed by atoms with E-state index < -0.39 is 0 Å². The van der Waals surface area contributed by atoms with Gasteiger partial charge in [-0.15, -0.1) is 0 Å². The standard InChI is InChI=1S/C14H31N3/c1-5-17(13(2)12-16(3)4)10-6-7-14-8-9-15-11-14/h13-15H,5-12H2,1-4H3. The lowest BCUT2D eigenvalue weighted by atomic mass is 10.0. The van der Waals surface area contributed by atoms with E-state index in [4.69, 9.17) is 0 Å². The van der Waals surface area contributed by atoms with Gasteiger partial charge in [-0.3, -0.25) is 4.90 Å². The van der Waals surface area contributed by atoms with Crippen LogP contribution in [-0.4, -0.2) is 62.7 Å². The average Bonchev–Trinajstić information content (AvgIpc) is 2.76. The van der Waals surface area contributed by atoms with E-state index in [1.807, 2.05) is 0 Å². The average molecular weight is 241 g/mol. The van der Waals surface area contributed by atoms with Gasteiger partial charge in [0, 0.05) is 12.6 Å². The van der Waals surface area contributed by atoms with E-state index >= 15 is 0 Å². The first kappa shape index (κ1) is 14.9. The van der Waals surface area contributed by atoms with E-state index in [1.165, 1.54) is 52.0 Å². The van der Waals surface area contributed by atoms with Gasteiger partial charge in [-0.1, -0.05) is 6.92 Å². The van der Waals surface area contributed by atoms with Gasteiger partial charge in [0.15, 0.2) is 0 Å². The van der Waals surface area contributed by atoms with Crippen LogP contribution in [0.5, 0.6) is 0 Å². The van der Waals surface area contributed by atoms with Crippen LogP contribution in [0, 0.1) is 5.92 Å². The Bertz CT molecular complexity index is 188. The molecule has 0 radical (unpaired) electrons. The molecule has 1 N–H and O–H groups in total. The van der Waals surface area contributed by atoms with E-state index in [0.29, 0.717) is 6.04 Å². The van der Waals surface area contributed by atoms with Gasteiger partial charge < -0.3 is 10.2 Å². The summed E-state index contributed by atoms with van der Waals surface area (Å²) in [5.74, 6) is 0.942. The van der Waals surface area contributed by atoms with Crippen molar-refractivity contribution in [3.8, 4) is 0 Å². The van der Waals surface area contributed by atoms with Crippen molar-refractivity contribution in [2.24, 2.45) is 5.92 Å². The van der Waals surface area contributed by atoms with Crippen LogP contribution >= 0.6 is 0 Å². The summed E-state index contributed by atoms with van der Waals surface area (Å²) in [5.41, 5.74) is 0. The van der Waals surface area contributed by atoms with Crippen molar-refractivity contribution in [2.45, 2.75) is 39.2 Å². The lowest BCUT2D eigenvalue weighted by Crippen LogP contribution is -2.40. The highest BCUT2D eigenvalue weighted by Gasteiger charge is 2.16. The summed E-state index contributed by atoms with van der Waals surface area (Å²) in [4.78, 5) is 4.90. The molecule has 17 heavy (non-hydrogen) atoms. The van der Waals surface area contributed by atoms with E-state index in [0.717, 1.165) is 5.92 Å². The van der Waals surface area contributed by atoms with Gasteiger partial charge >= 0.3 is 0 Å². The van der Waals surface area contributed by atoms with Crippen molar-refractivity contribution >= 4 is 0 Å². The van der Waals surface area contributed by atoms with Crippen molar-refractivity contribution in [2.75, 3.05) is 46.8 Å². The fourth-order valence-electron chi connectivity index (χ4n) is 2.88. The molecule has 3 heteroatoms. The van der Waals surface area contributed by atoms with Crippen molar-refractivity contribution in [1.29, 1.82) is 0 Å². The number of rotatable bonds is 8. The maximum atomic E-state index is 3.45. The molecule has 0 saturated carbocycles. The minimum atomic E-state index is 0.678. The molecule has 102 valence electrons. The quantitative estimate of drug-likeness (QED) is 0.697. The van der Waals surface area contributed by atoms with Crippen LogP contribution in [0.25, 0.3) is 0 Å². The fraction of sp³-hybridized carbons (Fsp3) is 1.00. The Morgan fingerprint density at radius 2 is 2.12 bits per heavy atom. The van der Waals surface area contributed by atoms with Gasteiger partial charge in [-0.05, 0) is 72.4 Å². The van der Waals surface area contributed by atoms with E-state index in [-0.39, 0.29) is 0 Å². The molecular formula is C14H31N3. The van der Waals surface area contributed by atoms with Crippen molar-refractivity contribution in [1.82, 2.24) is 15.1 Å². The normalized spacial score (nSPS) is 22.6. The second kappa shape index (κ2) is 8.06. The van der Waals surface area contributed by atoms with E-state index in [2.05, 4.69) is 43.1 Å². The molecule has 1 heterocycles. The monoisotopic (exact) mass is 241 g/mol. The summed E-state index contributed by atoms with van der Waals surface area (Å²) in [7, 11) is 4.32. The third-order valence-electron chi connectivity index (χ3n) is 3.88. The van der Waals surface area contributed by atoms with Gasteiger partial charge in [-0.25, -0.2) is 0 Å². The highest BCUT2D eigenvalue weighted by Crippen LogP contribution is 2.15. The number of likely N-dealkylation sites (N-methyl/N-ethyl adjacent to an activating group) is 2. The van der Waals surface area contributed by atoms with Crippen LogP contribution in [0.1, 0.15) is 33.1 Å². The largest absolute Gasteiger partial charge is 0.316 e. The third kappa shape index (κ3) is 5.84. The Morgan fingerprint density at radius 3 is 2.65 bits per heavy atom. The molecule has 0 aromatic carbocycles. The van der Waals surface area contributed by atoms with Crippen molar-refractivity contribution < 1.29 is 0 Å². The summed E-state index contributed by atoms with van der Waals surface area (Å²) in [5, 5.41) is 3.45. The Hall–Kier alpha value is -0.120. The molecule has 0 bridgehead atoms. The van der Waals surface area contributed by atoms with Crippen LogP contribution in [0.3, 0.4) is 0 Å². The first-order valence-corrected chi connectivity index (χ1v) is 7.23. The first-order valence-electron chi connectivity index (χ1n) is 7.23. The molecule has 1 aliphatic heterocycles. The molecule has 0 amide bonds. The van der Waals surface area contributed by atoms with Gasteiger partial charge in [0.05, 0.1) is 0 Å². The summed E-state index contributed by atoms with van der Waals surface area (Å²) in [6, 6.07) is 0.678. The Morgan fingerprint density at radius 1 is 1.35 bits per heavy atom. The molecule has 1 rings (SSSR count). The lowest BCUT2D eigenvalue weighted by molar-refractivity contribution is 0.176. The second-order valence-corrected chi connectivity index (χ2v) is 5.74. The molecule has 1 saturated heterocycles. The topological polar surface area (TPSA) is 18.5 Å². The smallest absolute Gasteiger partial charge is 0.0194 e. The minimum absolute atomic E-state index is 0.678. The number of nitrogens with zero attached hydrogens (tertiary/aromatic N) is 2. The zero-order valence-electron chi connectivity index (χ0n) is 12.2. The third-order valence-corrected chi connectivity index (χ3v) is 3.88. The maximum absolute atomic E-state index is 3.45. The molecule has 0 spiro atoms. The lowest BCUT2D eigenvalue weighted by Gasteiger charge is -2.30. The van der Waals surface area contributed by atoms with E-state index in [9.17, 15) is 0 Å². The molecule has 2 atom stereocenters. The van der Waals surface area contributed by atoms with Crippen LogP contribution in [0.2, 0.25) is 0 Å². The first-order chi connectivity index (χ1) is 8.13. The number of hydrogen-bond donors (Lipinski definition) is 1. The Kier molecular flexibility index (Phi) is 7.09. The van der Waals surface area contributed by atoms with E-state index in [1.54, 1.807) is 0 Å². The molecule has 2 unspecified atom stereocenters. The SMILES string of the molecule is CCN(CCCC1CCNC1)C(C)CN(C)C. The fourth-order valence-corrected chi connectivity index (χ4v) is 2.88. The minimum Gasteiger partial charge on any atom is -0.316 e. The van der Waals surface area contributed by atoms with Crippen LogP contribution in [0.4, 0.5) is 0 Å². The zero-order valence-corrected chi connectivity index (χ0v) is 12.2. The second-order valence-electron chi connectivity index (χ2n) is 5.74. The number of hydrogen-bond acceptors (Lipinski definition) is 3. The van der Waals surface area contributed by atoms with Crippen LogP contribution in [0.15, 0.2) is 0 Å². The molecular weight excluding hydrogens is 210 g/mol. The van der Waals surface area contributed by atoms with Crippen molar-refractivity contribution in [3.63, 3.8) is 0 Å². The summed E-state index contributed by atoms with van der Waals surface area (Å²) < 4.78 is 0. The van der Waals surface area contributed by atoms with Gasteiger partial charge in [0.1, 0.15) is 0 Å². The molecule has 0 aromatic rings. The van der Waals surface area contributed by atoms with Crippen LogP contribution < -0.4 is 5.32 Å². The Labute approximate surface area is 108 Å². The predicted octanol–water partition coefficient (Wildman–Crippen LogP) is 1.65. The molecule has 3 nitrogen and oxygen atoms in total. The molecule has 1 fully saturated rings. The predicted molar refractivity (Wildman–Crippen MR) is 75.5 cm³/mol. The zero-order chi connectivity index (χ0) is 12.7. The highest BCUT2D eigenvalue weighted by atomic mass is 15.2. The maximum Gasteiger partial charge on any atom is 0.0194 e. The molecule has 1 aliphatic rings. The summed E-state index contributed by atoms with van der Waals surface area (Å²) >= 11 is 0. The molecule has 0 aliphatic carbocycles. The molecule has 0 aromatic heterocycles.